The third-order valence-electron chi connectivity index (χ3n) is 2.96. The number of nitrogens with two attached hydrogens (primary N) is 1. The lowest BCUT2D eigenvalue weighted by Crippen LogP contribution is -2.53. The van der Waals surface area contributed by atoms with Gasteiger partial charge in [0.2, 0.25) is 11.8 Å². The largest absolute Gasteiger partial charge is 0.508 e. The van der Waals surface area contributed by atoms with Crippen LogP contribution in [0, 0.1) is 0 Å². The average Bonchev–Trinajstić information content (AvgIpc) is 2.52. The number of benzene rings is 1. The van der Waals surface area contributed by atoms with Crippen molar-refractivity contribution in [3.8, 4) is 5.75 Å². The van der Waals surface area contributed by atoms with E-state index in [1.807, 2.05) is 0 Å². The van der Waals surface area contributed by atoms with E-state index in [0.717, 1.165) is 0 Å². The highest BCUT2D eigenvalue weighted by molar-refractivity contribution is 7.80. The van der Waals surface area contributed by atoms with Gasteiger partial charge < -0.3 is 26.6 Å². The first-order valence-electron chi connectivity index (χ1n) is 6.77. The number of aliphatic carboxylic acids is 1. The van der Waals surface area contributed by atoms with Crippen LogP contribution in [0.5, 0.6) is 5.75 Å². The molecule has 0 saturated heterocycles. The number of aromatic hydroxyl groups is 1. The fourth-order valence-corrected chi connectivity index (χ4v) is 1.89. The monoisotopic (exact) mass is 341 g/mol. The van der Waals surface area contributed by atoms with Crippen molar-refractivity contribution in [2.45, 2.75) is 18.5 Å². The molecule has 6 N–H and O–H groups in total. The molecule has 0 aliphatic carbocycles. The predicted molar refractivity (Wildman–Crippen MR) is 86.2 cm³/mol. The molecule has 9 heteroatoms. The summed E-state index contributed by atoms with van der Waals surface area (Å²) in [5, 5.41) is 22.6. The van der Waals surface area contributed by atoms with Crippen LogP contribution in [0.3, 0.4) is 0 Å². The molecule has 23 heavy (non-hydrogen) atoms. The van der Waals surface area contributed by atoms with E-state index in [9.17, 15) is 19.5 Å². The van der Waals surface area contributed by atoms with Gasteiger partial charge in [0.25, 0.3) is 0 Å². The highest BCUT2D eigenvalue weighted by atomic mass is 32.1. The lowest BCUT2D eigenvalue weighted by molar-refractivity contribution is -0.138. The lowest BCUT2D eigenvalue weighted by atomic mass is 10.0. The lowest BCUT2D eigenvalue weighted by Gasteiger charge is -2.20. The fourth-order valence-electron chi connectivity index (χ4n) is 1.72. The van der Waals surface area contributed by atoms with Gasteiger partial charge in [-0.15, -0.1) is 0 Å². The molecule has 1 rings (SSSR count). The first-order chi connectivity index (χ1) is 10.8. The zero-order valence-electron chi connectivity index (χ0n) is 12.2. The Morgan fingerprint density at radius 2 is 1.78 bits per heavy atom. The third-order valence-corrected chi connectivity index (χ3v) is 3.35. The number of carbonyl (C=O) groups excluding carboxylic acids is 2. The van der Waals surface area contributed by atoms with Crippen LogP contribution in [-0.2, 0) is 20.8 Å². The number of carboxylic acids is 1. The summed E-state index contributed by atoms with van der Waals surface area (Å²) in [7, 11) is 0. The van der Waals surface area contributed by atoms with Crippen LogP contribution in [0.4, 0.5) is 0 Å². The second-order valence-electron chi connectivity index (χ2n) is 4.83. The molecule has 0 unspecified atom stereocenters. The van der Waals surface area contributed by atoms with E-state index in [2.05, 4.69) is 23.3 Å². The van der Waals surface area contributed by atoms with Gasteiger partial charge in [-0.05, 0) is 17.7 Å². The topological polar surface area (TPSA) is 142 Å². The van der Waals surface area contributed by atoms with E-state index in [0.29, 0.717) is 5.56 Å². The van der Waals surface area contributed by atoms with Gasteiger partial charge in [0.1, 0.15) is 18.3 Å². The SMILES string of the molecule is N[C@@H](CS)C(=O)N[C@@H](Cc1ccc(O)cc1)C(=O)NCC(=O)O. The number of phenols is 1. The van der Waals surface area contributed by atoms with Gasteiger partial charge in [-0.3, -0.25) is 14.4 Å². The summed E-state index contributed by atoms with van der Waals surface area (Å²) in [5.41, 5.74) is 6.23. The summed E-state index contributed by atoms with van der Waals surface area (Å²) < 4.78 is 0. The quantitative estimate of drug-likeness (QED) is 0.331. The number of hydrogen-bond acceptors (Lipinski definition) is 6. The number of phenolic OH excluding ortho intramolecular Hbond substituents is 1. The van der Waals surface area contributed by atoms with E-state index >= 15 is 0 Å². The fraction of sp³-hybridized carbons (Fsp3) is 0.357. The Labute approximate surface area is 138 Å². The second kappa shape index (κ2) is 9.01. The van der Waals surface area contributed by atoms with Crippen molar-refractivity contribution in [1.82, 2.24) is 10.6 Å². The molecule has 2 atom stereocenters. The summed E-state index contributed by atoms with van der Waals surface area (Å²) in [6, 6.07) is 4.21. The summed E-state index contributed by atoms with van der Waals surface area (Å²) in [5.74, 6) is -2.22. The van der Waals surface area contributed by atoms with Crippen molar-refractivity contribution in [2.75, 3.05) is 12.3 Å². The summed E-state index contributed by atoms with van der Waals surface area (Å²) in [4.78, 5) is 34.5. The number of carboxylic acid groups (broad SMARTS) is 1. The van der Waals surface area contributed by atoms with Crippen LogP contribution in [0.1, 0.15) is 5.56 Å². The number of nitrogens with one attached hydrogen (secondary N) is 2. The van der Waals surface area contributed by atoms with E-state index in [-0.39, 0.29) is 17.9 Å². The molecular weight excluding hydrogens is 322 g/mol. The molecule has 0 aliphatic heterocycles. The van der Waals surface area contributed by atoms with Crippen molar-refractivity contribution in [3.05, 3.63) is 29.8 Å². The number of thiol groups is 1. The Balaban J connectivity index is 2.82. The Bertz CT molecular complexity index is 564. The first-order valence-corrected chi connectivity index (χ1v) is 7.41. The number of amides is 2. The normalized spacial score (nSPS) is 13.0. The minimum absolute atomic E-state index is 0.0711. The number of rotatable bonds is 8. The zero-order valence-corrected chi connectivity index (χ0v) is 13.1. The Hall–Kier alpha value is -2.26. The van der Waals surface area contributed by atoms with Crippen LogP contribution in [0.15, 0.2) is 24.3 Å². The average molecular weight is 341 g/mol. The summed E-state index contributed by atoms with van der Waals surface area (Å²) in [6.45, 7) is -0.556. The molecule has 0 spiro atoms. The summed E-state index contributed by atoms with van der Waals surface area (Å²) >= 11 is 3.92. The zero-order chi connectivity index (χ0) is 17.4. The van der Waals surface area contributed by atoms with Crippen LogP contribution >= 0.6 is 12.6 Å². The molecule has 0 fully saturated rings. The van der Waals surface area contributed by atoms with E-state index in [4.69, 9.17) is 10.8 Å². The van der Waals surface area contributed by atoms with Gasteiger partial charge >= 0.3 is 5.97 Å². The van der Waals surface area contributed by atoms with Crippen molar-refractivity contribution in [2.24, 2.45) is 5.73 Å². The minimum Gasteiger partial charge on any atom is -0.508 e. The van der Waals surface area contributed by atoms with Gasteiger partial charge in [-0.1, -0.05) is 12.1 Å². The highest BCUT2D eigenvalue weighted by Gasteiger charge is 2.24. The Morgan fingerprint density at radius 3 is 2.30 bits per heavy atom. The molecule has 0 aliphatic rings. The third kappa shape index (κ3) is 6.57. The molecule has 2 amide bonds. The van der Waals surface area contributed by atoms with E-state index < -0.39 is 36.4 Å². The van der Waals surface area contributed by atoms with Gasteiger partial charge in [0.15, 0.2) is 0 Å². The Kier molecular flexibility index (Phi) is 7.36. The molecule has 0 aromatic heterocycles. The van der Waals surface area contributed by atoms with Gasteiger partial charge in [0, 0.05) is 12.2 Å². The second-order valence-corrected chi connectivity index (χ2v) is 5.20. The molecule has 0 saturated carbocycles. The van der Waals surface area contributed by atoms with Crippen LogP contribution in [0.2, 0.25) is 0 Å². The Morgan fingerprint density at radius 1 is 1.17 bits per heavy atom. The number of carbonyl (C=O) groups is 3. The number of hydrogen-bond donors (Lipinski definition) is 6. The van der Waals surface area contributed by atoms with E-state index in [1.54, 1.807) is 12.1 Å². The molecule has 1 aromatic rings. The molecule has 0 radical (unpaired) electrons. The van der Waals surface area contributed by atoms with Crippen LogP contribution in [0.25, 0.3) is 0 Å². The first kappa shape index (κ1) is 18.8. The van der Waals surface area contributed by atoms with Crippen molar-refractivity contribution < 1.29 is 24.6 Å². The van der Waals surface area contributed by atoms with E-state index in [1.165, 1.54) is 12.1 Å². The van der Waals surface area contributed by atoms with Crippen molar-refractivity contribution >= 4 is 30.4 Å². The van der Waals surface area contributed by atoms with Crippen LogP contribution in [-0.4, -0.2) is 52.4 Å². The van der Waals surface area contributed by atoms with Crippen molar-refractivity contribution in [1.29, 1.82) is 0 Å². The maximum atomic E-state index is 12.1. The summed E-state index contributed by atoms with van der Waals surface area (Å²) in [6.07, 6.45) is 0.122. The molecule has 0 heterocycles. The molecule has 1 aromatic carbocycles. The smallest absolute Gasteiger partial charge is 0.322 e. The van der Waals surface area contributed by atoms with Gasteiger partial charge in [-0.2, -0.15) is 12.6 Å². The maximum absolute atomic E-state index is 12.1. The molecule has 8 nitrogen and oxygen atoms in total. The molecular formula is C14H19N3O5S. The van der Waals surface area contributed by atoms with Gasteiger partial charge in [-0.25, -0.2) is 0 Å². The van der Waals surface area contributed by atoms with Crippen LogP contribution < -0.4 is 16.4 Å². The minimum atomic E-state index is -1.19. The van der Waals surface area contributed by atoms with Crippen molar-refractivity contribution in [3.63, 3.8) is 0 Å². The maximum Gasteiger partial charge on any atom is 0.322 e. The van der Waals surface area contributed by atoms with Gasteiger partial charge in [0.05, 0.1) is 6.04 Å². The molecule has 126 valence electrons. The highest BCUT2D eigenvalue weighted by Crippen LogP contribution is 2.11. The molecule has 0 bridgehead atoms. The standard InChI is InChI=1S/C14H19N3O5S/c15-10(7-23)13(21)17-11(14(22)16-6-12(19)20)5-8-1-3-9(18)4-2-8/h1-4,10-11,18,23H,5-7,15H2,(H,16,22)(H,17,21)(H,19,20)/t10-,11-/m0/s1. The predicted octanol–water partition coefficient (Wildman–Crippen LogP) is -1.12.